The Kier molecular flexibility index (Phi) is 8.19. The molecule has 0 atom stereocenters. The highest BCUT2D eigenvalue weighted by Crippen LogP contribution is 2.26. The van der Waals surface area contributed by atoms with Crippen molar-refractivity contribution in [3.05, 3.63) is 87.7 Å². The van der Waals surface area contributed by atoms with Gasteiger partial charge in [0, 0.05) is 22.6 Å². The lowest BCUT2D eigenvalue weighted by Gasteiger charge is -2.13. The SMILES string of the molecule is COC(=O)c1cc(C(=O)OC)cc(-n2c(C)cc(C(=O)/C(C#N)=C\c3ccc(OC(F)F)cc3)c2C)c1. The van der Waals surface area contributed by atoms with Gasteiger partial charge >= 0.3 is 18.6 Å². The fourth-order valence-corrected chi connectivity index (χ4v) is 3.81. The Hall–Kier alpha value is -4.78. The lowest BCUT2D eigenvalue weighted by atomic mass is 10.0. The summed E-state index contributed by atoms with van der Waals surface area (Å²) in [6, 6.07) is 13.3. The van der Waals surface area contributed by atoms with Crippen molar-refractivity contribution in [1.82, 2.24) is 4.57 Å². The van der Waals surface area contributed by atoms with E-state index >= 15 is 0 Å². The number of alkyl halides is 2. The number of aryl methyl sites for hydroxylation is 1. The molecule has 0 aliphatic carbocycles. The van der Waals surface area contributed by atoms with Crippen LogP contribution >= 0.6 is 0 Å². The van der Waals surface area contributed by atoms with E-state index in [1.807, 2.05) is 6.07 Å². The van der Waals surface area contributed by atoms with Crippen molar-refractivity contribution >= 4 is 23.8 Å². The number of hydrogen-bond donors (Lipinski definition) is 0. The van der Waals surface area contributed by atoms with Crippen molar-refractivity contribution in [3.8, 4) is 17.5 Å². The molecule has 0 radical (unpaired) electrons. The number of hydrogen-bond acceptors (Lipinski definition) is 7. The molecule has 0 aliphatic heterocycles. The topological polar surface area (TPSA) is 108 Å². The van der Waals surface area contributed by atoms with Gasteiger partial charge in [0.2, 0.25) is 5.78 Å². The maximum absolute atomic E-state index is 13.3. The van der Waals surface area contributed by atoms with Crippen LogP contribution in [0.25, 0.3) is 11.8 Å². The number of nitriles is 1. The standard InChI is InChI=1S/C27H22F2N2O6/c1-15-9-23(24(32)20(14-30)10-17-5-7-22(8-6-17)37-27(28)29)16(2)31(15)21-12-18(25(33)35-3)11-19(13-21)26(34)36-4/h5-13,27H,1-4H3/b20-10-. The first-order valence-electron chi connectivity index (χ1n) is 10.8. The summed E-state index contributed by atoms with van der Waals surface area (Å²) in [6.45, 7) is 0.419. The molecule has 37 heavy (non-hydrogen) atoms. The van der Waals surface area contributed by atoms with E-state index in [-0.39, 0.29) is 28.0 Å². The first-order valence-corrected chi connectivity index (χ1v) is 10.8. The summed E-state index contributed by atoms with van der Waals surface area (Å²) in [5.41, 5.74) is 2.18. The summed E-state index contributed by atoms with van der Waals surface area (Å²) < 4.78 is 40.3. The summed E-state index contributed by atoms with van der Waals surface area (Å²) >= 11 is 0. The number of Topliss-reactive ketones (excluding diaryl/α,β-unsaturated/α-hetero) is 1. The fourth-order valence-electron chi connectivity index (χ4n) is 3.81. The number of halogens is 2. The van der Waals surface area contributed by atoms with Gasteiger partial charge in [-0.1, -0.05) is 12.1 Å². The number of carbonyl (C=O) groups excluding carboxylic acids is 3. The molecule has 0 fully saturated rings. The Bertz CT molecular complexity index is 1400. The molecular weight excluding hydrogens is 486 g/mol. The largest absolute Gasteiger partial charge is 0.465 e. The highest BCUT2D eigenvalue weighted by Gasteiger charge is 2.22. The lowest BCUT2D eigenvalue weighted by molar-refractivity contribution is -0.0498. The summed E-state index contributed by atoms with van der Waals surface area (Å²) in [6.07, 6.45) is 1.34. The van der Waals surface area contributed by atoms with Crippen LogP contribution in [0.4, 0.5) is 8.78 Å². The van der Waals surface area contributed by atoms with Crippen molar-refractivity contribution in [2.75, 3.05) is 14.2 Å². The number of aromatic nitrogens is 1. The molecule has 190 valence electrons. The summed E-state index contributed by atoms with van der Waals surface area (Å²) in [5.74, 6) is -1.94. The molecule has 10 heteroatoms. The molecule has 0 saturated heterocycles. The fraction of sp³-hybridized carbons (Fsp3) is 0.185. The van der Waals surface area contributed by atoms with Gasteiger partial charge in [-0.15, -0.1) is 0 Å². The molecule has 0 aliphatic rings. The van der Waals surface area contributed by atoms with E-state index in [4.69, 9.17) is 9.47 Å². The highest BCUT2D eigenvalue weighted by molar-refractivity contribution is 6.15. The average molecular weight is 508 g/mol. The maximum atomic E-state index is 13.3. The maximum Gasteiger partial charge on any atom is 0.387 e. The van der Waals surface area contributed by atoms with Crippen LogP contribution in [0.3, 0.4) is 0 Å². The minimum absolute atomic E-state index is 0.0546. The molecule has 0 bridgehead atoms. The third kappa shape index (κ3) is 5.90. The number of rotatable bonds is 8. The minimum atomic E-state index is -2.97. The van der Waals surface area contributed by atoms with Crippen LogP contribution in [0.15, 0.2) is 54.1 Å². The van der Waals surface area contributed by atoms with E-state index in [9.17, 15) is 28.4 Å². The quantitative estimate of drug-likeness (QED) is 0.181. The van der Waals surface area contributed by atoms with Crippen LogP contribution in [0.5, 0.6) is 5.75 Å². The number of methoxy groups -OCH3 is 2. The molecule has 2 aromatic carbocycles. The van der Waals surface area contributed by atoms with Crippen LogP contribution in [-0.4, -0.2) is 43.1 Å². The molecule has 0 spiro atoms. The molecule has 1 aromatic heterocycles. The predicted octanol–water partition coefficient (Wildman–Crippen LogP) is 5.06. The summed E-state index contributed by atoms with van der Waals surface area (Å²) in [7, 11) is 2.43. The van der Waals surface area contributed by atoms with Gasteiger partial charge in [0.05, 0.1) is 25.3 Å². The number of ketones is 1. The molecule has 1 heterocycles. The van der Waals surface area contributed by atoms with Crippen molar-refractivity contribution in [2.24, 2.45) is 0 Å². The van der Waals surface area contributed by atoms with Gasteiger partial charge in [-0.3, -0.25) is 4.79 Å². The van der Waals surface area contributed by atoms with Gasteiger partial charge in [-0.25, -0.2) is 9.59 Å². The Labute approximate surface area is 211 Å². The van der Waals surface area contributed by atoms with E-state index < -0.39 is 24.3 Å². The monoisotopic (exact) mass is 508 g/mol. The third-order valence-electron chi connectivity index (χ3n) is 5.48. The third-order valence-corrected chi connectivity index (χ3v) is 5.48. The normalized spacial score (nSPS) is 11.1. The van der Waals surface area contributed by atoms with E-state index in [0.29, 0.717) is 22.6 Å². The van der Waals surface area contributed by atoms with Crippen molar-refractivity contribution in [1.29, 1.82) is 5.26 Å². The van der Waals surface area contributed by atoms with Crippen molar-refractivity contribution < 1.29 is 37.4 Å². The van der Waals surface area contributed by atoms with E-state index in [1.54, 1.807) is 24.5 Å². The number of allylic oxidation sites excluding steroid dienone is 1. The van der Waals surface area contributed by atoms with E-state index in [0.717, 1.165) is 0 Å². The second kappa shape index (κ2) is 11.3. The number of benzene rings is 2. The van der Waals surface area contributed by atoms with E-state index in [1.165, 1.54) is 62.8 Å². The van der Waals surface area contributed by atoms with Crippen molar-refractivity contribution in [2.45, 2.75) is 20.5 Å². The molecule has 0 saturated carbocycles. The molecule has 0 N–H and O–H groups in total. The zero-order valence-corrected chi connectivity index (χ0v) is 20.4. The van der Waals surface area contributed by atoms with Gasteiger partial charge in [0.25, 0.3) is 0 Å². The minimum Gasteiger partial charge on any atom is -0.465 e. The molecule has 3 aromatic rings. The Balaban J connectivity index is 2.04. The predicted molar refractivity (Wildman–Crippen MR) is 129 cm³/mol. The highest BCUT2D eigenvalue weighted by atomic mass is 19.3. The summed E-state index contributed by atoms with van der Waals surface area (Å²) in [5, 5.41) is 9.65. The Morgan fingerprint density at radius 1 is 0.946 bits per heavy atom. The van der Waals surface area contributed by atoms with E-state index in [2.05, 4.69) is 4.74 Å². The smallest absolute Gasteiger partial charge is 0.387 e. The van der Waals surface area contributed by atoms with Crippen molar-refractivity contribution in [3.63, 3.8) is 0 Å². The molecule has 0 unspecified atom stereocenters. The summed E-state index contributed by atoms with van der Waals surface area (Å²) in [4.78, 5) is 37.7. The zero-order chi connectivity index (χ0) is 27.3. The van der Waals surface area contributed by atoms with Crippen LogP contribution in [0.1, 0.15) is 48.0 Å². The van der Waals surface area contributed by atoms with Crippen LogP contribution in [0, 0.1) is 25.2 Å². The molecular formula is C27H22F2N2O6. The molecule has 8 nitrogen and oxygen atoms in total. The van der Waals surface area contributed by atoms with Gasteiger partial charge in [-0.05, 0) is 61.9 Å². The second-order valence-corrected chi connectivity index (χ2v) is 7.82. The first-order chi connectivity index (χ1) is 17.6. The first kappa shape index (κ1) is 26.8. The lowest BCUT2D eigenvalue weighted by Crippen LogP contribution is -2.10. The number of esters is 2. The van der Waals surface area contributed by atoms with Gasteiger partial charge in [-0.2, -0.15) is 14.0 Å². The van der Waals surface area contributed by atoms with Gasteiger partial charge in [0.15, 0.2) is 0 Å². The zero-order valence-electron chi connectivity index (χ0n) is 20.4. The number of ether oxygens (including phenoxy) is 3. The number of nitrogens with zero attached hydrogens (tertiary/aromatic N) is 2. The average Bonchev–Trinajstić information content (AvgIpc) is 3.19. The van der Waals surface area contributed by atoms with Gasteiger partial charge < -0.3 is 18.8 Å². The molecule has 3 rings (SSSR count). The van der Waals surface area contributed by atoms with Crippen LogP contribution < -0.4 is 4.74 Å². The van der Waals surface area contributed by atoms with Crippen LogP contribution in [0.2, 0.25) is 0 Å². The molecule has 0 amide bonds. The Morgan fingerprint density at radius 2 is 1.51 bits per heavy atom. The number of carbonyl (C=O) groups is 3. The Morgan fingerprint density at radius 3 is 2.00 bits per heavy atom. The van der Waals surface area contributed by atoms with Gasteiger partial charge in [0.1, 0.15) is 17.4 Å². The second-order valence-electron chi connectivity index (χ2n) is 7.82. The van der Waals surface area contributed by atoms with Crippen LogP contribution in [-0.2, 0) is 9.47 Å².